The molecule has 0 spiro atoms. The second kappa shape index (κ2) is 23.1. The highest BCUT2D eigenvalue weighted by molar-refractivity contribution is 6.03. The summed E-state index contributed by atoms with van der Waals surface area (Å²) in [5.74, 6) is 0.256. The fourth-order valence-electron chi connectivity index (χ4n) is 7.67. The molecular weight excluding hydrogens is 620 g/mol. The Morgan fingerprint density at radius 2 is 1.12 bits per heavy atom. The van der Waals surface area contributed by atoms with Gasteiger partial charge in [0.05, 0.1) is 25.4 Å². The maximum atomic E-state index is 12.4. The number of rotatable bonds is 5. The molecule has 0 saturated heterocycles. The number of aliphatic hydroxyl groups excluding tert-OH is 1. The van der Waals surface area contributed by atoms with E-state index in [0.29, 0.717) is 0 Å². The Morgan fingerprint density at radius 1 is 0.755 bits per heavy atom. The molecule has 2 saturated carbocycles. The van der Waals surface area contributed by atoms with E-state index in [1.807, 2.05) is 68.4 Å². The van der Waals surface area contributed by atoms with Crippen LogP contribution in [0.25, 0.3) is 9.69 Å². The van der Waals surface area contributed by atoms with Gasteiger partial charge < -0.3 is 33.6 Å². The number of ether oxygens (including phenoxy) is 4. The molecule has 0 aromatic rings. The Morgan fingerprint density at radius 3 is 1.49 bits per heavy atom. The van der Waals surface area contributed by atoms with Crippen LogP contribution in [0.1, 0.15) is 125 Å². The van der Waals surface area contributed by atoms with E-state index < -0.39 is 22.3 Å². The van der Waals surface area contributed by atoms with Gasteiger partial charge in [-0.15, -0.1) is 0 Å². The molecular formula is C40H72N2O7. The molecule has 0 heterocycles. The average molecular weight is 697 g/mol. The zero-order valence-electron chi connectivity index (χ0n) is 35.6. The average Bonchev–Trinajstić information content (AvgIpc) is 3.14. The molecule has 0 aliphatic heterocycles. The predicted molar refractivity (Wildman–Crippen MR) is 201 cm³/mol. The molecule has 284 valence electrons. The zero-order valence-corrected chi connectivity index (χ0v) is 33.6. The van der Waals surface area contributed by atoms with Crippen LogP contribution < -0.4 is 0 Å². The third kappa shape index (κ3) is 11.8. The van der Waals surface area contributed by atoms with Crippen molar-refractivity contribution >= 4 is 11.6 Å². The molecule has 0 unspecified atom stereocenters. The first-order valence-corrected chi connectivity index (χ1v) is 17.1. The lowest BCUT2D eigenvalue weighted by molar-refractivity contribution is -0.157. The molecule has 6 atom stereocenters. The van der Waals surface area contributed by atoms with Gasteiger partial charge in [-0.05, 0) is 51.4 Å². The number of fused-ring (bicyclic) bond motifs is 2. The van der Waals surface area contributed by atoms with Crippen LogP contribution in [-0.4, -0.2) is 70.2 Å². The van der Waals surface area contributed by atoms with Crippen molar-refractivity contribution in [2.45, 2.75) is 135 Å². The molecule has 2 fully saturated rings. The van der Waals surface area contributed by atoms with E-state index in [1.54, 1.807) is 27.4 Å². The van der Waals surface area contributed by atoms with E-state index in [0.717, 1.165) is 51.7 Å². The number of methoxy groups -OCH3 is 3. The molecule has 9 heteroatoms. The first-order valence-electron chi connectivity index (χ1n) is 19.1. The van der Waals surface area contributed by atoms with Crippen LogP contribution in [0, 0.1) is 46.6 Å². The molecule has 0 radical (unpaired) electrons. The number of carbonyl (C=O) groups excluding carboxylic acids is 2. The van der Waals surface area contributed by atoms with Crippen LogP contribution in [0.15, 0.2) is 23.5 Å². The van der Waals surface area contributed by atoms with Crippen molar-refractivity contribution < 1.29 is 36.4 Å². The van der Waals surface area contributed by atoms with Crippen LogP contribution in [-0.2, 0) is 28.5 Å². The topological polar surface area (TPSA) is 100 Å². The van der Waals surface area contributed by atoms with Crippen molar-refractivity contribution in [2.24, 2.45) is 33.5 Å². The minimum absolute atomic E-state index is 0.00493. The number of Topliss-reactive ketones (excluding diaryl/α,β-unsaturated/α-hetero) is 2. The quantitative estimate of drug-likeness (QED) is 0.226. The summed E-state index contributed by atoms with van der Waals surface area (Å²) in [5.41, 5.74) is -1.26. The van der Waals surface area contributed by atoms with E-state index in [-0.39, 0.29) is 53.1 Å². The van der Waals surface area contributed by atoms with E-state index in [4.69, 9.17) is 25.4 Å². The second-order valence-electron chi connectivity index (χ2n) is 13.8. The van der Waals surface area contributed by atoms with Crippen LogP contribution in [0.4, 0.5) is 0 Å². The highest BCUT2D eigenvalue weighted by Crippen LogP contribution is 2.57. The van der Waals surface area contributed by atoms with Crippen molar-refractivity contribution in [3.05, 3.63) is 46.4 Å². The maximum Gasteiger partial charge on any atom is 0.226 e. The lowest BCUT2D eigenvalue weighted by atomic mass is 9.52. The van der Waals surface area contributed by atoms with Crippen molar-refractivity contribution in [1.82, 2.24) is 0 Å². The molecule has 4 rings (SSSR count). The highest BCUT2D eigenvalue weighted by Gasteiger charge is 2.56. The van der Waals surface area contributed by atoms with Gasteiger partial charge in [0.1, 0.15) is 6.79 Å². The summed E-state index contributed by atoms with van der Waals surface area (Å²) in [7, 11) is 7.47. The summed E-state index contributed by atoms with van der Waals surface area (Å²) in [6, 6.07) is 0. The number of nitrogens with zero attached hydrogens (tertiary/aromatic N) is 2. The van der Waals surface area contributed by atoms with Gasteiger partial charge in [0.2, 0.25) is 11.4 Å². The van der Waals surface area contributed by atoms with Gasteiger partial charge in [-0.25, -0.2) is 9.69 Å². The maximum absolute atomic E-state index is 12.4. The third-order valence-electron chi connectivity index (χ3n) is 10.3. The standard InChI is InChI=1S/C16H23NO3.C14H19NO2.2C3H8O.C2H6.2CH4/c1-15(2)12-7-6-8-13(20-10-19-5)16(12,3)9-11(17-4)14(15)18;1-13(2)10-6-5-7-11(16)14(10,3)8-9(15-4)12(13)17;2*1-3-4-2;1-2;;/h9,12-13H,6-8,10H2,1-3,5H3;8,10-11,16H,5-7H2,1-3H3;2*3H2,1-2H3;1-2H3;2*1H4/t12-,13-,16-;10-,11-,14-;;;;;/m00...../s1/i;;;;;2*1T. The first-order chi connectivity index (χ1) is 24.0. The number of hydrogen-bond donors (Lipinski definition) is 1. The Balaban J connectivity index is -0.000000670. The van der Waals surface area contributed by atoms with Gasteiger partial charge in [-0.1, -0.05) is 95.2 Å². The number of hydrogen-bond acceptors (Lipinski definition) is 7. The number of carbonyl (C=O) groups is 2. The van der Waals surface area contributed by atoms with Gasteiger partial charge >= 0.3 is 0 Å². The van der Waals surface area contributed by atoms with Gasteiger partial charge in [0, 0.05) is 58.9 Å². The molecule has 4 aliphatic rings. The monoisotopic (exact) mass is 697 g/mol. The molecule has 0 bridgehead atoms. The summed E-state index contributed by atoms with van der Waals surface area (Å²) in [6.07, 6.45) is 8.82. The minimum atomic E-state index is -0.537. The van der Waals surface area contributed by atoms with Crippen LogP contribution in [0.3, 0.4) is 0 Å². The van der Waals surface area contributed by atoms with Crippen molar-refractivity contribution in [3.8, 4) is 0 Å². The molecule has 0 aromatic heterocycles. The molecule has 9 nitrogen and oxygen atoms in total. The van der Waals surface area contributed by atoms with E-state index in [2.05, 4.69) is 26.1 Å². The van der Waals surface area contributed by atoms with Crippen LogP contribution in [0.2, 0.25) is 0 Å². The summed E-state index contributed by atoms with van der Waals surface area (Å²) in [5, 5.41) is 10.2. The fourth-order valence-corrected chi connectivity index (χ4v) is 7.67. The minimum Gasteiger partial charge on any atom is -0.392 e. The van der Waals surface area contributed by atoms with Gasteiger partial charge in [-0.2, -0.15) is 0 Å². The Hall–Kier alpha value is -2.40. The molecule has 4 aliphatic carbocycles. The Bertz CT molecular complexity index is 1150. The van der Waals surface area contributed by atoms with Gasteiger partial charge in [-0.3, -0.25) is 0 Å². The summed E-state index contributed by atoms with van der Waals surface area (Å²) in [4.78, 5) is 31.5. The second-order valence-corrected chi connectivity index (χ2v) is 13.8. The third-order valence-corrected chi connectivity index (χ3v) is 10.3. The lowest BCUT2D eigenvalue weighted by Crippen LogP contribution is -2.54. The van der Waals surface area contributed by atoms with Crippen molar-refractivity contribution in [3.63, 3.8) is 0 Å². The predicted octanol–water partition coefficient (Wildman–Crippen LogP) is 9.36. The Kier molecular flexibility index (Phi) is 22.0. The van der Waals surface area contributed by atoms with Gasteiger partial charge in [0.25, 0.3) is 0 Å². The largest absolute Gasteiger partial charge is 0.392 e. The smallest absolute Gasteiger partial charge is 0.226 e. The van der Waals surface area contributed by atoms with Crippen LogP contribution in [0.5, 0.6) is 0 Å². The molecule has 0 amide bonds. The molecule has 0 aromatic carbocycles. The molecule has 1 N–H and O–H groups in total. The van der Waals surface area contributed by atoms with E-state index >= 15 is 0 Å². The summed E-state index contributed by atoms with van der Waals surface area (Å²) >= 11 is 0. The first kappa shape index (κ1) is 46.6. The van der Waals surface area contributed by atoms with Crippen molar-refractivity contribution in [2.75, 3.05) is 41.3 Å². The van der Waals surface area contributed by atoms with Crippen molar-refractivity contribution in [1.29, 1.82) is 0 Å². The normalized spacial score (nSPS) is 30.2. The summed E-state index contributed by atoms with van der Waals surface area (Å²) in [6.45, 7) is 36.1. The SMILES string of the molecule is CC.CCOC.CCOC.[3H]C.[3H]C.[C-]#[N+]C1=C[C@]2(C)[C@@H](O)CCC[C@H]2C(C)(C)C1=O.[C-]#[N+]C1=C[C@]2(C)[C@@H](OCOC)CCC[C@H]2C(C)(C)C1=O. The van der Waals surface area contributed by atoms with E-state index in [1.165, 1.54) is 14.8 Å². The lowest BCUT2D eigenvalue weighted by Gasteiger charge is -2.53. The number of ketones is 2. The van der Waals surface area contributed by atoms with E-state index in [9.17, 15) is 14.7 Å². The van der Waals surface area contributed by atoms with Gasteiger partial charge in [0.15, 0.2) is 11.6 Å². The number of aliphatic hydroxyl groups is 1. The highest BCUT2D eigenvalue weighted by atomic mass is 16.7. The molecule has 49 heavy (non-hydrogen) atoms. The fraction of sp³-hybridized carbons (Fsp3) is 0.800. The number of allylic oxidation sites excluding steroid dienone is 2. The summed E-state index contributed by atoms with van der Waals surface area (Å²) < 4.78 is 31.5. The Labute approximate surface area is 303 Å². The van der Waals surface area contributed by atoms with Crippen LogP contribution >= 0.6 is 0 Å². The zero-order chi connectivity index (χ0) is 40.6.